The number of pyridine rings is 1. The minimum Gasteiger partial charge on any atom is -0.478 e. The van der Waals surface area contributed by atoms with Crippen LogP contribution in [0.2, 0.25) is 0 Å². The molecule has 1 saturated carbocycles. The number of rotatable bonds is 3. The number of carboxylic acids is 1. The second kappa shape index (κ2) is 5.10. The van der Waals surface area contributed by atoms with Crippen LogP contribution in [-0.2, 0) is 10.2 Å². The van der Waals surface area contributed by atoms with Gasteiger partial charge in [-0.3, -0.25) is 0 Å². The topological polar surface area (TPSA) is 74.7 Å². The van der Waals surface area contributed by atoms with Gasteiger partial charge in [-0.1, -0.05) is 0 Å². The highest BCUT2D eigenvalue weighted by Crippen LogP contribution is 2.49. The lowest BCUT2D eigenvalue weighted by Crippen LogP contribution is -2.15. The van der Waals surface area contributed by atoms with Crippen LogP contribution in [0.3, 0.4) is 0 Å². The molecule has 5 heteroatoms. The van der Waals surface area contributed by atoms with E-state index in [1.165, 1.54) is 5.56 Å². The Hall–Kier alpha value is -2.32. The van der Waals surface area contributed by atoms with Gasteiger partial charge in [-0.05, 0) is 55.4 Å². The molecule has 1 N–H and O–H groups in total. The molecule has 118 valence electrons. The summed E-state index contributed by atoms with van der Waals surface area (Å²) in [4.78, 5) is 11.6. The van der Waals surface area contributed by atoms with Crippen molar-refractivity contribution in [1.29, 1.82) is 5.26 Å². The summed E-state index contributed by atoms with van der Waals surface area (Å²) >= 11 is 0. The Labute approximate surface area is 134 Å². The predicted molar refractivity (Wildman–Crippen MR) is 83.7 cm³/mol. The molecule has 2 fully saturated rings. The lowest BCUT2D eigenvalue weighted by atomic mass is 9.92. The number of aromatic nitrogens is 1. The first-order valence-electron chi connectivity index (χ1n) is 8.02. The Kier molecular flexibility index (Phi) is 3.17. The standard InChI is InChI=1S/C18H18N2O3/c19-11-18(4-5-18)16-15(17(21)22)10-14-9-13(1-6-20(14)16)12-2-7-23-8-3-12/h1,6,9-10,12H,2-5,7-8H2,(H,21,22). The van der Waals surface area contributed by atoms with Crippen LogP contribution in [0.5, 0.6) is 0 Å². The van der Waals surface area contributed by atoms with Crippen LogP contribution in [-0.4, -0.2) is 28.7 Å². The maximum atomic E-state index is 11.6. The Balaban J connectivity index is 1.84. The SMILES string of the molecule is N#CC1(c2c(C(=O)O)cc3cc(C4CCOCC4)ccn23)CC1. The molecule has 0 bridgehead atoms. The van der Waals surface area contributed by atoms with Crippen LogP contribution in [0.15, 0.2) is 24.4 Å². The Morgan fingerprint density at radius 1 is 1.35 bits per heavy atom. The Morgan fingerprint density at radius 2 is 2.09 bits per heavy atom. The van der Waals surface area contributed by atoms with Gasteiger partial charge in [0.1, 0.15) is 0 Å². The molecule has 2 aliphatic rings. The maximum Gasteiger partial charge on any atom is 0.337 e. The fraction of sp³-hybridized carbons (Fsp3) is 0.444. The summed E-state index contributed by atoms with van der Waals surface area (Å²) in [5, 5.41) is 19.0. The number of carbonyl (C=O) groups is 1. The third-order valence-corrected chi connectivity index (χ3v) is 5.14. The number of nitrogens with zero attached hydrogens (tertiary/aromatic N) is 2. The molecule has 1 saturated heterocycles. The van der Waals surface area contributed by atoms with Crippen LogP contribution < -0.4 is 0 Å². The summed E-state index contributed by atoms with van der Waals surface area (Å²) in [6.07, 6.45) is 5.39. The largest absolute Gasteiger partial charge is 0.478 e. The molecule has 5 nitrogen and oxygen atoms in total. The molecule has 0 unspecified atom stereocenters. The summed E-state index contributed by atoms with van der Waals surface area (Å²) < 4.78 is 7.30. The van der Waals surface area contributed by atoms with Crippen LogP contribution in [0, 0.1) is 11.3 Å². The molecule has 0 amide bonds. The van der Waals surface area contributed by atoms with Crippen molar-refractivity contribution < 1.29 is 14.6 Å². The van der Waals surface area contributed by atoms with Gasteiger partial charge in [0, 0.05) is 24.9 Å². The van der Waals surface area contributed by atoms with E-state index >= 15 is 0 Å². The van der Waals surface area contributed by atoms with Gasteiger partial charge in [-0.2, -0.15) is 5.26 Å². The number of nitriles is 1. The second-order valence-electron chi connectivity index (χ2n) is 6.55. The van der Waals surface area contributed by atoms with Crippen molar-refractivity contribution in [2.45, 2.75) is 37.0 Å². The molecule has 3 heterocycles. The van der Waals surface area contributed by atoms with E-state index in [1.54, 1.807) is 6.07 Å². The average Bonchev–Trinajstić information content (AvgIpc) is 3.28. The van der Waals surface area contributed by atoms with E-state index in [2.05, 4.69) is 18.2 Å². The quantitative estimate of drug-likeness (QED) is 0.945. The van der Waals surface area contributed by atoms with Crippen LogP contribution in [0.25, 0.3) is 5.52 Å². The zero-order valence-electron chi connectivity index (χ0n) is 12.8. The number of ether oxygens (including phenoxy) is 1. The van der Waals surface area contributed by atoms with E-state index in [9.17, 15) is 15.2 Å². The molecule has 0 atom stereocenters. The Morgan fingerprint density at radius 3 is 2.70 bits per heavy atom. The zero-order valence-corrected chi connectivity index (χ0v) is 12.8. The van der Waals surface area contributed by atoms with E-state index in [0.717, 1.165) is 44.4 Å². The number of carboxylic acid groups (broad SMARTS) is 1. The fourth-order valence-corrected chi connectivity index (χ4v) is 3.66. The highest BCUT2D eigenvalue weighted by Gasteiger charge is 2.49. The van der Waals surface area contributed by atoms with E-state index in [0.29, 0.717) is 11.6 Å². The molecule has 2 aromatic rings. The van der Waals surface area contributed by atoms with Crippen LogP contribution in [0.4, 0.5) is 0 Å². The highest BCUT2D eigenvalue weighted by molar-refractivity contribution is 5.92. The molecular formula is C18H18N2O3. The number of fused-ring (bicyclic) bond motifs is 1. The van der Waals surface area contributed by atoms with Crippen LogP contribution in [0.1, 0.15) is 53.2 Å². The summed E-state index contributed by atoms with van der Waals surface area (Å²) in [5.41, 5.74) is 2.36. The molecule has 1 aliphatic carbocycles. The van der Waals surface area contributed by atoms with Crippen molar-refractivity contribution in [2.24, 2.45) is 0 Å². The van der Waals surface area contributed by atoms with Crippen molar-refractivity contribution in [3.8, 4) is 6.07 Å². The van der Waals surface area contributed by atoms with E-state index in [4.69, 9.17) is 4.74 Å². The van der Waals surface area contributed by atoms with Crippen LogP contribution >= 0.6 is 0 Å². The molecule has 1 aliphatic heterocycles. The van der Waals surface area contributed by atoms with Gasteiger partial charge in [-0.15, -0.1) is 0 Å². The van der Waals surface area contributed by atoms with Gasteiger partial charge in [0.25, 0.3) is 0 Å². The first-order valence-corrected chi connectivity index (χ1v) is 8.02. The molecule has 23 heavy (non-hydrogen) atoms. The summed E-state index contributed by atoms with van der Waals surface area (Å²) in [6.45, 7) is 1.56. The van der Waals surface area contributed by atoms with Crippen molar-refractivity contribution in [1.82, 2.24) is 4.40 Å². The molecule has 4 rings (SSSR count). The number of hydrogen-bond donors (Lipinski definition) is 1. The lowest BCUT2D eigenvalue weighted by Gasteiger charge is -2.22. The second-order valence-corrected chi connectivity index (χ2v) is 6.55. The molecule has 2 aromatic heterocycles. The highest BCUT2D eigenvalue weighted by atomic mass is 16.5. The Bertz CT molecular complexity index is 821. The van der Waals surface area contributed by atoms with Gasteiger partial charge in [-0.25, -0.2) is 4.79 Å². The van der Waals surface area contributed by atoms with Crippen molar-refractivity contribution in [3.05, 3.63) is 41.2 Å². The zero-order chi connectivity index (χ0) is 16.0. The van der Waals surface area contributed by atoms with Crippen molar-refractivity contribution in [3.63, 3.8) is 0 Å². The fourth-order valence-electron chi connectivity index (χ4n) is 3.66. The summed E-state index contributed by atoms with van der Waals surface area (Å²) in [6, 6.07) is 8.16. The monoisotopic (exact) mass is 310 g/mol. The molecule has 0 radical (unpaired) electrons. The van der Waals surface area contributed by atoms with E-state index in [-0.39, 0.29) is 5.56 Å². The normalized spacial score (nSPS) is 20.3. The van der Waals surface area contributed by atoms with Gasteiger partial charge < -0.3 is 14.2 Å². The van der Waals surface area contributed by atoms with Gasteiger partial charge in [0.2, 0.25) is 0 Å². The third-order valence-electron chi connectivity index (χ3n) is 5.14. The minimum absolute atomic E-state index is 0.258. The summed E-state index contributed by atoms with van der Waals surface area (Å²) in [7, 11) is 0. The predicted octanol–water partition coefficient (Wildman–Crippen LogP) is 3.09. The van der Waals surface area contributed by atoms with Gasteiger partial charge in [0.15, 0.2) is 0 Å². The lowest BCUT2D eigenvalue weighted by molar-refractivity contribution is 0.0695. The molecular weight excluding hydrogens is 292 g/mol. The van der Waals surface area contributed by atoms with Crippen molar-refractivity contribution in [2.75, 3.05) is 13.2 Å². The summed E-state index contributed by atoms with van der Waals surface area (Å²) in [5.74, 6) is -0.496. The number of aromatic carboxylic acids is 1. The first kappa shape index (κ1) is 14.3. The molecule has 0 aromatic carbocycles. The smallest absolute Gasteiger partial charge is 0.337 e. The van der Waals surface area contributed by atoms with Crippen molar-refractivity contribution >= 4 is 11.5 Å². The molecule has 0 spiro atoms. The third kappa shape index (κ3) is 2.22. The minimum atomic E-state index is -0.960. The average molecular weight is 310 g/mol. The van der Waals surface area contributed by atoms with Gasteiger partial charge >= 0.3 is 5.97 Å². The number of hydrogen-bond acceptors (Lipinski definition) is 3. The first-order chi connectivity index (χ1) is 11.1. The van der Waals surface area contributed by atoms with E-state index < -0.39 is 11.4 Å². The maximum absolute atomic E-state index is 11.6. The van der Waals surface area contributed by atoms with Gasteiger partial charge in [0.05, 0.1) is 22.7 Å². The van der Waals surface area contributed by atoms with E-state index in [1.807, 2.05) is 10.6 Å².